The van der Waals surface area contributed by atoms with Crippen LogP contribution in [0.3, 0.4) is 0 Å². The van der Waals surface area contributed by atoms with Crippen molar-refractivity contribution in [1.82, 2.24) is 15.1 Å². The van der Waals surface area contributed by atoms with Gasteiger partial charge in [-0.05, 0) is 40.7 Å². The standard InChI is InChI=1S/C10H21N3/c1-8-6-9(11-2)10(12(3)4)13(5)7-8/h7,9-11H,6H2,1-5H3/t9-,10-/m0/s1. The molecule has 0 aromatic heterocycles. The van der Waals surface area contributed by atoms with Gasteiger partial charge in [-0.25, -0.2) is 0 Å². The molecule has 0 radical (unpaired) electrons. The molecule has 1 N–H and O–H groups in total. The van der Waals surface area contributed by atoms with Gasteiger partial charge in [0, 0.05) is 13.1 Å². The predicted octanol–water partition coefficient (Wildman–Crippen LogP) is 0.701. The van der Waals surface area contributed by atoms with Crippen molar-refractivity contribution in [3.05, 3.63) is 11.8 Å². The highest BCUT2D eigenvalue weighted by Gasteiger charge is 2.28. The number of hydrogen-bond donors (Lipinski definition) is 1. The van der Waals surface area contributed by atoms with Crippen LogP contribution in [0.2, 0.25) is 0 Å². The van der Waals surface area contributed by atoms with Gasteiger partial charge in [-0.3, -0.25) is 4.90 Å². The Hall–Kier alpha value is -0.540. The average Bonchev–Trinajstić information content (AvgIpc) is 2.01. The summed E-state index contributed by atoms with van der Waals surface area (Å²) in [5.41, 5.74) is 1.44. The molecule has 0 fully saturated rings. The van der Waals surface area contributed by atoms with Crippen LogP contribution in [0.1, 0.15) is 13.3 Å². The van der Waals surface area contributed by atoms with Crippen molar-refractivity contribution in [2.75, 3.05) is 28.2 Å². The molecule has 1 rings (SSSR count). The molecule has 1 aliphatic heterocycles. The molecule has 0 bridgehead atoms. The fraction of sp³-hybridized carbons (Fsp3) is 0.800. The number of hydrogen-bond acceptors (Lipinski definition) is 3. The Labute approximate surface area is 81.4 Å². The van der Waals surface area contributed by atoms with Crippen LogP contribution in [0.25, 0.3) is 0 Å². The van der Waals surface area contributed by atoms with Crippen LogP contribution in [0.5, 0.6) is 0 Å². The molecule has 0 saturated heterocycles. The maximum absolute atomic E-state index is 3.37. The summed E-state index contributed by atoms with van der Waals surface area (Å²) >= 11 is 0. The molecule has 1 heterocycles. The second kappa shape index (κ2) is 4.11. The Bertz CT molecular complexity index is 198. The molecular formula is C10H21N3. The normalized spacial score (nSPS) is 29.4. The zero-order valence-corrected chi connectivity index (χ0v) is 9.33. The first-order valence-corrected chi connectivity index (χ1v) is 4.79. The van der Waals surface area contributed by atoms with E-state index in [-0.39, 0.29) is 0 Å². The smallest absolute Gasteiger partial charge is 0.0966 e. The molecule has 1 aliphatic rings. The summed E-state index contributed by atoms with van der Waals surface area (Å²) in [5, 5.41) is 3.37. The summed E-state index contributed by atoms with van der Waals surface area (Å²) in [4.78, 5) is 4.53. The van der Waals surface area contributed by atoms with Crippen LogP contribution in [-0.2, 0) is 0 Å². The van der Waals surface area contributed by atoms with Crippen LogP contribution in [0.15, 0.2) is 11.8 Å². The van der Waals surface area contributed by atoms with Gasteiger partial charge in [0.15, 0.2) is 0 Å². The monoisotopic (exact) mass is 183 g/mol. The Morgan fingerprint density at radius 2 is 2.15 bits per heavy atom. The zero-order chi connectivity index (χ0) is 10.0. The number of nitrogens with zero attached hydrogens (tertiary/aromatic N) is 2. The predicted molar refractivity (Wildman–Crippen MR) is 56.5 cm³/mol. The van der Waals surface area contributed by atoms with E-state index in [2.05, 4.69) is 49.4 Å². The summed E-state index contributed by atoms with van der Waals surface area (Å²) in [5.74, 6) is 0. The topological polar surface area (TPSA) is 18.5 Å². The SMILES string of the molecule is CN[C@H]1CC(C)=CN(C)[C@@H]1N(C)C. The van der Waals surface area contributed by atoms with Gasteiger partial charge in [-0.2, -0.15) is 0 Å². The molecular weight excluding hydrogens is 162 g/mol. The molecule has 0 amide bonds. The van der Waals surface area contributed by atoms with E-state index < -0.39 is 0 Å². The summed E-state index contributed by atoms with van der Waals surface area (Å²) < 4.78 is 0. The van der Waals surface area contributed by atoms with Crippen molar-refractivity contribution >= 4 is 0 Å². The van der Waals surface area contributed by atoms with Crippen molar-refractivity contribution < 1.29 is 0 Å². The minimum Gasteiger partial charge on any atom is -0.364 e. The Morgan fingerprint density at radius 1 is 1.54 bits per heavy atom. The van der Waals surface area contributed by atoms with Gasteiger partial charge in [0.1, 0.15) is 0 Å². The summed E-state index contributed by atoms with van der Waals surface area (Å²) in [7, 11) is 8.42. The van der Waals surface area contributed by atoms with Crippen molar-refractivity contribution in [1.29, 1.82) is 0 Å². The largest absolute Gasteiger partial charge is 0.364 e. The number of rotatable bonds is 2. The molecule has 0 aromatic rings. The van der Waals surface area contributed by atoms with Crippen molar-refractivity contribution in [2.45, 2.75) is 25.6 Å². The molecule has 3 nitrogen and oxygen atoms in total. The first kappa shape index (κ1) is 10.5. The first-order valence-electron chi connectivity index (χ1n) is 4.79. The van der Waals surface area contributed by atoms with Gasteiger partial charge in [-0.1, -0.05) is 5.57 Å². The maximum Gasteiger partial charge on any atom is 0.0966 e. The van der Waals surface area contributed by atoms with E-state index in [4.69, 9.17) is 0 Å². The van der Waals surface area contributed by atoms with E-state index in [9.17, 15) is 0 Å². The second-order valence-corrected chi connectivity index (χ2v) is 4.12. The number of likely N-dealkylation sites (N-methyl/N-ethyl adjacent to an activating group) is 3. The molecule has 0 spiro atoms. The van der Waals surface area contributed by atoms with Crippen molar-refractivity contribution in [2.24, 2.45) is 0 Å². The van der Waals surface area contributed by atoms with E-state index in [1.54, 1.807) is 0 Å². The fourth-order valence-corrected chi connectivity index (χ4v) is 2.19. The lowest BCUT2D eigenvalue weighted by Crippen LogP contribution is -2.55. The lowest BCUT2D eigenvalue weighted by Gasteiger charge is -2.42. The molecule has 2 atom stereocenters. The molecule has 0 saturated carbocycles. The third-order valence-electron chi connectivity index (χ3n) is 2.64. The average molecular weight is 183 g/mol. The third-order valence-corrected chi connectivity index (χ3v) is 2.64. The van der Waals surface area contributed by atoms with E-state index in [0.717, 1.165) is 6.42 Å². The summed E-state index contributed by atoms with van der Waals surface area (Å²) in [6, 6.07) is 0.532. The van der Waals surface area contributed by atoms with Gasteiger partial charge in [0.2, 0.25) is 0 Å². The quantitative estimate of drug-likeness (QED) is 0.680. The Morgan fingerprint density at radius 3 is 2.62 bits per heavy atom. The Kier molecular flexibility index (Phi) is 3.33. The molecule has 0 aromatic carbocycles. The van der Waals surface area contributed by atoms with Crippen LogP contribution >= 0.6 is 0 Å². The molecule has 76 valence electrons. The lowest BCUT2D eigenvalue weighted by atomic mass is 10.0. The van der Waals surface area contributed by atoms with E-state index in [0.29, 0.717) is 12.2 Å². The van der Waals surface area contributed by atoms with E-state index in [1.807, 2.05) is 7.05 Å². The fourth-order valence-electron chi connectivity index (χ4n) is 2.19. The highest BCUT2D eigenvalue weighted by molar-refractivity contribution is 5.08. The minimum absolute atomic E-state index is 0.466. The van der Waals surface area contributed by atoms with Gasteiger partial charge >= 0.3 is 0 Å². The van der Waals surface area contributed by atoms with Gasteiger partial charge in [0.05, 0.1) is 6.17 Å². The molecule has 13 heavy (non-hydrogen) atoms. The minimum atomic E-state index is 0.466. The highest BCUT2D eigenvalue weighted by atomic mass is 15.3. The van der Waals surface area contributed by atoms with Crippen LogP contribution < -0.4 is 5.32 Å². The maximum atomic E-state index is 3.37. The van der Waals surface area contributed by atoms with Crippen molar-refractivity contribution in [3.8, 4) is 0 Å². The second-order valence-electron chi connectivity index (χ2n) is 4.12. The molecule has 3 heteroatoms. The lowest BCUT2D eigenvalue weighted by molar-refractivity contribution is 0.0958. The number of nitrogens with one attached hydrogen (secondary N) is 1. The molecule has 0 unspecified atom stereocenters. The summed E-state index contributed by atoms with van der Waals surface area (Å²) in [6.45, 7) is 2.19. The molecule has 0 aliphatic carbocycles. The van der Waals surface area contributed by atoms with Gasteiger partial charge < -0.3 is 10.2 Å². The van der Waals surface area contributed by atoms with Crippen molar-refractivity contribution in [3.63, 3.8) is 0 Å². The zero-order valence-electron chi connectivity index (χ0n) is 9.33. The Balaban J connectivity index is 2.79. The van der Waals surface area contributed by atoms with E-state index >= 15 is 0 Å². The first-order chi connectivity index (χ1) is 6.06. The van der Waals surface area contributed by atoms with Gasteiger partial charge in [-0.15, -0.1) is 0 Å². The van der Waals surface area contributed by atoms with Gasteiger partial charge in [0.25, 0.3) is 0 Å². The highest BCUT2D eigenvalue weighted by Crippen LogP contribution is 2.20. The third kappa shape index (κ3) is 2.23. The van der Waals surface area contributed by atoms with Crippen LogP contribution in [0, 0.1) is 0 Å². The van der Waals surface area contributed by atoms with E-state index in [1.165, 1.54) is 5.57 Å². The summed E-state index contributed by atoms with van der Waals surface area (Å²) in [6.07, 6.45) is 3.84. The van der Waals surface area contributed by atoms with Crippen LogP contribution in [-0.4, -0.2) is 50.2 Å². The van der Waals surface area contributed by atoms with Crippen LogP contribution in [0.4, 0.5) is 0 Å².